The van der Waals surface area contributed by atoms with Gasteiger partial charge in [-0.2, -0.15) is 0 Å². The second-order valence-corrected chi connectivity index (χ2v) is 6.85. The maximum absolute atomic E-state index is 12.0. The lowest BCUT2D eigenvalue weighted by Crippen LogP contribution is -2.43. The van der Waals surface area contributed by atoms with E-state index in [1.807, 2.05) is 6.07 Å². The first-order chi connectivity index (χ1) is 9.49. The van der Waals surface area contributed by atoms with Gasteiger partial charge >= 0.3 is 5.97 Å². The molecule has 0 bridgehead atoms. The fraction of sp³-hybridized carbons (Fsp3) is 0.333. The van der Waals surface area contributed by atoms with E-state index in [1.165, 1.54) is 16.7 Å². The third-order valence-corrected chi connectivity index (χ3v) is 4.86. The molecule has 0 spiro atoms. The Labute approximate surface area is 136 Å². The summed E-state index contributed by atoms with van der Waals surface area (Å²) >= 11 is 8.09. The highest BCUT2D eigenvalue weighted by molar-refractivity contribution is 9.11. The largest absolute Gasteiger partial charge is 0.483 e. The lowest BCUT2D eigenvalue weighted by atomic mass is 10.3. The zero-order chi connectivity index (χ0) is 14.7. The molecule has 0 saturated carbocycles. The van der Waals surface area contributed by atoms with E-state index in [9.17, 15) is 9.59 Å². The summed E-state index contributed by atoms with van der Waals surface area (Å²) in [7, 11) is 0. The van der Waals surface area contributed by atoms with Gasteiger partial charge in [0, 0.05) is 10.2 Å². The van der Waals surface area contributed by atoms with E-state index >= 15 is 0 Å². The van der Waals surface area contributed by atoms with Crippen molar-refractivity contribution in [2.75, 3.05) is 18.2 Å². The summed E-state index contributed by atoms with van der Waals surface area (Å²) in [4.78, 5) is 24.4. The fourth-order valence-corrected chi connectivity index (χ4v) is 4.04. The Balaban J connectivity index is 1.96. The van der Waals surface area contributed by atoms with Gasteiger partial charge < -0.3 is 14.7 Å². The number of ether oxygens (including phenoxy) is 1. The average Bonchev–Trinajstić information content (AvgIpc) is 2.86. The number of nitrogens with zero attached hydrogens (tertiary/aromatic N) is 1. The number of carbonyl (C=O) groups excluding carboxylic acids is 1. The molecule has 2 rings (SSSR count). The molecule has 1 aromatic rings. The second kappa shape index (κ2) is 6.82. The molecule has 1 aliphatic heterocycles. The number of carboxylic acid groups (broad SMARTS) is 1. The normalized spacial score (nSPS) is 18.1. The molecule has 1 unspecified atom stereocenters. The summed E-state index contributed by atoms with van der Waals surface area (Å²) in [6.45, 7) is -0.176. The summed E-state index contributed by atoms with van der Waals surface area (Å²) in [6.07, 6.45) is 0. The molecule has 108 valence electrons. The van der Waals surface area contributed by atoms with Crippen LogP contribution in [0.3, 0.4) is 0 Å². The van der Waals surface area contributed by atoms with E-state index in [4.69, 9.17) is 9.84 Å². The molecule has 20 heavy (non-hydrogen) atoms. The minimum absolute atomic E-state index is 0.176. The van der Waals surface area contributed by atoms with Gasteiger partial charge in [-0.05, 0) is 34.1 Å². The Kier molecular flexibility index (Phi) is 5.34. The third kappa shape index (κ3) is 3.67. The van der Waals surface area contributed by atoms with Crippen molar-refractivity contribution in [3.8, 4) is 5.75 Å². The number of halogens is 2. The van der Waals surface area contributed by atoms with Crippen LogP contribution in [0, 0.1) is 0 Å². The van der Waals surface area contributed by atoms with E-state index in [2.05, 4.69) is 31.9 Å². The monoisotopic (exact) mass is 423 g/mol. The van der Waals surface area contributed by atoms with E-state index in [1.54, 1.807) is 12.1 Å². The van der Waals surface area contributed by atoms with Crippen LogP contribution in [0.25, 0.3) is 0 Å². The average molecular weight is 425 g/mol. The zero-order valence-electron chi connectivity index (χ0n) is 10.2. The molecule has 5 nitrogen and oxygen atoms in total. The SMILES string of the molecule is O=C(O)C1CSCN1C(=O)COc1ccc(Br)cc1Br. The van der Waals surface area contributed by atoms with Gasteiger partial charge in [0.25, 0.3) is 5.91 Å². The van der Waals surface area contributed by atoms with E-state index in [0.717, 1.165) is 8.95 Å². The lowest BCUT2D eigenvalue weighted by molar-refractivity contribution is -0.148. The van der Waals surface area contributed by atoms with Gasteiger partial charge in [-0.25, -0.2) is 4.79 Å². The predicted molar refractivity (Wildman–Crippen MR) is 82.9 cm³/mol. The summed E-state index contributed by atoms with van der Waals surface area (Å²) in [6, 6.07) is 4.58. The molecule has 1 atom stereocenters. The number of hydrogen-bond acceptors (Lipinski definition) is 4. The highest BCUT2D eigenvalue weighted by atomic mass is 79.9. The molecule has 0 radical (unpaired) electrons. The van der Waals surface area contributed by atoms with Gasteiger partial charge in [-0.15, -0.1) is 11.8 Å². The van der Waals surface area contributed by atoms with Crippen LogP contribution in [-0.4, -0.2) is 46.2 Å². The van der Waals surface area contributed by atoms with Crippen LogP contribution in [0.2, 0.25) is 0 Å². The number of thioether (sulfide) groups is 1. The number of rotatable bonds is 4. The minimum Gasteiger partial charge on any atom is -0.483 e. The highest BCUT2D eigenvalue weighted by Gasteiger charge is 2.34. The second-order valence-electron chi connectivity index (χ2n) is 4.08. The van der Waals surface area contributed by atoms with Crippen LogP contribution >= 0.6 is 43.6 Å². The maximum atomic E-state index is 12.0. The minimum atomic E-state index is -0.979. The van der Waals surface area contributed by atoms with Crippen LogP contribution in [0.4, 0.5) is 0 Å². The molecule has 0 aromatic heterocycles. The molecule has 1 aromatic carbocycles. The van der Waals surface area contributed by atoms with Gasteiger partial charge in [0.05, 0.1) is 10.3 Å². The summed E-state index contributed by atoms with van der Waals surface area (Å²) in [5.41, 5.74) is 0. The highest BCUT2D eigenvalue weighted by Crippen LogP contribution is 2.28. The van der Waals surface area contributed by atoms with Gasteiger partial charge in [-0.3, -0.25) is 4.79 Å². The van der Waals surface area contributed by atoms with Crippen LogP contribution in [0.5, 0.6) is 5.75 Å². The Morgan fingerprint density at radius 1 is 1.45 bits per heavy atom. The van der Waals surface area contributed by atoms with E-state index in [0.29, 0.717) is 17.4 Å². The Morgan fingerprint density at radius 2 is 2.20 bits per heavy atom. The number of carbonyl (C=O) groups is 2. The predicted octanol–water partition coefficient (Wildman–Crippen LogP) is 2.58. The third-order valence-electron chi connectivity index (χ3n) is 2.73. The quantitative estimate of drug-likeness (QED) is 0.804. The summed E-state index contributed by atoms with van der Waals surface area (Å²) in [5, 5.41) is 9.03. The van der Waals surface area contributed by atoms with Gasteiger partial charge in [-0.1, -0.05) is 15.9 Å². The van der Waals surface area contributed by atoms with Crippen molar-refractivity contribution in [1.82, 2.24) is 4.90 Å². The maximum Gasteiger partial charge on any atom is 0.327 e. The topological polar surface area (TPSA) is 66.8 Å². The van der Waals surface area contributed by atoms with Crippen LogP contribution < -0.4 is 4.74 Å². The Morgan fingerprint density at radius 3 is 2.85 bits per heavy atom. The number of benzene rings is 1. The summed E-state index contributed by atoms with van der Waals surface area (Å²) in [5.74, 6) is 0.0506. The van der Waals surface area contributed by atoms with Crippen molar-refractivity contribution in [3.63, 3.8) is 0 Å². The van der Waals surface area contributed by atoms with E-state index < -0.39 is 12.0 Å². The number of carboxylic acids is 1. The van der Waals surface area contributed by atoms with Gasteiger partial charge in [0.15, 0.2) is 6.61 Å². The van der Waals surface area contributed by atoms with Gasteiger partial charge in [0.2, 0.25) is 0 Å². The zero-order valence-corrected chi connectivity index (χ0v) is 14.2. The molecular formula is C12H11Br2NO4S. The number of aliphatic carboxylic acids is 1. The fourth-order valence-electron chi connectivity index (χ4n) is 1.71. The molecule has 1 amide bonds. The summed E-state index contributed by atoms with van der Waals surface area (Å²) < 4.78 is 7.05. The van der Waals surface area contributed by atoms with Crippen LogP contribution in [0.1, 0.15) is 0 Å². The molecular weight excluding hydrogens is 414 g/mol. The molecule has 8 heteroatoms. The first kappa shape index (κ1) is 15.7. The van der Waals surface area contributed by atoms with Crippen molar-refractivity contribution < 1.29 is 19.4 Å². The standard InChI is InChI=1S/C12H11Br2NO4S/c13-7-1-2-10(8(14)3-7)19-4-11(16)15-6-20-5-9(15)12(17)18/h1-3,9H,4-6H2,(H,17,18). The van der Waals surface area contributed by atoms with Crippen molar-refractivity contribution >= 4 is 55.5 Å². The number of amides is 1. The number of hydrogen-bond donors (Lipinski definition) is 1. The van der Waals surface area contributed by atoms with Crippen LogP contribution in [0.15, 0.2) is 27.1 Å². The lowest BCUT2D eigenvalue weighted by Gasteiger charge is -2.20. The van der Waals surface area contributed by atoms with Crippen LogP contribution in [-0.2, 0) is 9.59 Å². The molecule has 0 aliphatic carbocycles. The molecule has 1 N–H and O–H groups in total. The van der Waals surface area contributed by atoms with Gasteiger partial charge in [0.1, 0.15) is 11.8 Å². The molecule has 1 fully saturated rings. The van der Waals surface area contributed by atoms with Crippen molar-refractivity contribution in [2.45, 2.75) is 6.04 Å². The Hall–Kier alpha value is -0.730. The first-order valence-electron chi connectivity index (χ1n) is 5.67. The van der Waals surface area contributed by atoms with E-state index in [-0.39, 0.29) is 12.5 Å². The molecule has 1 saturated heterocycles. The Bertz CT molecular complexity index is 540. The van der Waals surface area contributed by atoms with Crippen molar-refractivity contribution in [2.24, 2.45) is 0 Å². The van der Waals surface area contributed by atoms with Crippen molar-refractivity contribution in [3.05, 3.63) is 27.1 Å². The van der Waals surface area contributed by atoms with Crippen molar-refractivity contribution in [1.29, 1.82) is 0 Å². The first-order valence-corrected chi connectivity index (χ1v) is 8.41. The molecule has 1 aliphatic rings. The smallest absolute Gasteiger partial charge is 0.327 e. The molecule has 1 heterocycles.